The first-order chi connectivity index (χ1) is 15.5. The molecule has 1 atom stereocenters. The van der Waals surface area contributed by atoms with E-state index in [-0.39, 0.29) is 29.2 Å². The van der Waals surface area contributed by atoms with Crippen LogP contribution in [0.15, 0.2) is 76.2 Å². The fraction of sp³-hybridized carbons (Fsp3) is 0.261. The minimum Gasteiger partial charge on any atom is -0.466 e. The molecule has 9 heteroatoms. The van der Waals surface area contributed by atoms with Crippen LogP contribution in [0, 0.1) is 0 Å². The van der Waals surface area contributed by atoms with Gasteiger partial charge in [0.25, 0.3) is 0 Å². The molecule has 2 heterocycles. The summed E-state index contributed by atoms with van der Waals surface area (Å²) < 4.78 is 24.4. The number of carbonyl (C=O) groups is 2. The second-order valence-corrected chi connectivity index (χ2v) is 8.07. The topological polar surface area (TPSA) is 77.5 Å². The highest BCUT2D eigenvalue weighted by atomic mass is 35.5. The number of methoxy groups -OCH3 is 1. The Hall–Kier alpha value is -2.84. The van der Waals surface area contributed by atoms with Crippen molar-refractivity contribution in [3.63, 3.8) is 0 Å². The van der Waals surface area contributed by atoms with E-state index in [9.17, 15) is 14.0 Å². The molecule has 1 N–H and O–H groups in total. The van der Waals surface area contributed by atoms with Crippen LogP contribution < -0.4 is 5.32 Å². The van der Waals surface area contributed by atoms with Crippen molar-refractivity contribution in [2.24, 2.45) is 0 Å². The lowest BCUT2D eigenvalue weighted by Gasteiger charge is -2.32. The zero-order chi connectivity index (χ0) is 23.1. The summed E-state index contributed by atoms with van der Waals surface area (Å²) in [5, 5.41) is 4.00. The van der Waals surface area contributed by atoms with E-state index >= 15 is 0 Å². The number of benzene rings is 1. The molecule has 3 rings (SSSR count). The van der Waals surface area contributed by atoms with Crippen molar-refractivity contribution >= 4 is 35.3 Å². The number of carbonyl (C=O) groups excluding carboxylic acids is 2. The molecule has 1 aromatic heterocycles. The molecule has 1 unspecified atom stereocenters. The van der Waals surface area contributed by atoms with Crippen molar-refractivity contribution in [2.75, 3.05) is 26.1 Å². The monoisotopic (exact) mass is 476 g/mol. The van der Waals surface area contributed by atoms with Gasteiger partial charge in [-0.3, -0.25) is 0 Å². The SMILES string of the molecule is CCOC(=O)C1=C(CSc2ccccn2)NC(CF)=C(C(=O)OC)C1c1ccccc1Cl. The van der Waals surface area contributed by atoms with Gasteiger partial charge in [-0.05, 0) is 30.7 Å². The van der Waals surface area contributed by atoms with E-state index in [2.05, 4.69) is 10.3 Å². The van der Waals surface area contributed by atoms with E-state index in [0.717, 1.165) is 5.03 Å². The van der Waals surface area contributed by atoms with Gasteiger partial charge in [0.2, 0.25) is 0 Å². The molecule has 6 nitrogen and oxygen atoms in total. The minimum absolute atomic E-state index is 0.0160. The zero-order valence-corrected chi connectivity index (χ0v) is 19.1. The van der Waals surface area contributed by atoms with Crippen LogP contribution in [-0.4, -0.2) is 43.1 Å². The summed E-state index contributed by atoms with van der Waals surface area (Å²) in [6.45, 7) is 0.857. The van der Waals surface area contributed by atoms with Gasteiger partial charge in [0.1, 0.15) is 6.67 Å². The average Bonchev–Trinajstić information content (AvgIpc) is 2.82. The number of hydrogen-bond acceptors (Lipinski definition) is 7. The van der Waals surface area contributed by atoms with Crippen molar-refractivity contribution in [3.8, 4) is 0 Å². The maximum Gasteiger partial charge on any atom is 0.336 e. The van der Waals surface area contributed by atoms with Gasteiger partial charge < -0.3 is 14.8 Å². The zero-order valence-electron chi connectivity index (χ0n) is 17.6. The summed E-state index contributed by atoms with van der Waals surface area (Å²) in [6.07, 6.45) is 1.66. The number of aromatic nitrogens is 1. The van der Waals surface area contributed by atoms with Crippen LogP contribution >= 0.6 is 23.4 Å². The molecule has 0 aliphatic carbocycles. The number of thioether (sulfide) groups is 1. The number of pyridine rings is 1. The van der Waals surface area contributed by atoms with E-state index in [1.807, 2.05) is 12.1 Å². The summed E-state index contributed by atoms with van der Waals surface area (Å²) in [6, 6.07) is 12.3. The summed E-state index contributed by atoms with van der Waals surface area (Å²) in [4.78, 5) is 30.1. The lowest BCUT2D eigenvalue weighted by molar-refractivity contribution is -0.139. The quantitative estimate of drug-likeness (QED) is 0.446. The van der Waals surface area contributed by atoms with Crippen LogP contribution in [0.1, 0.15) is 18.4 Å². The number of alkyl halides is 1. The van der Waals surface area contributed by atoms with Gasteiger partial charge in [0.05, 0.1) is 41.5 Å². The van der Waals surface area contributed by atoms with Crippen LogP contribution in [0.3, 0.4) is 0 Å². The van der Waals surface area contributed by atoms with E-state index < -0.39 is 24.5 Å². The predicted molar refractivity (Wildman–Crippen MR) is 121 cm³/mol. The van der Waals surface area contributed by atoms with E-state index in [0.29, 0.717) is 16.3 Å². The van der Waals surface area contributed by atoms with Gasteiger partial charge in [-0.2, -0.15) is 0 Å². The van der Waals surface area contributed by atoms with Crippen molar-refractivity contribution in [3.05, 3.63) is 81.8 Å². The minimum atomic E-state index is -0.959. The number of nitrogens with zero attached hydrogens (tertiary/aromatic N) is 1. The third-order valence-corrected chi connectivity index (χ3v) is 6.10. The predicted octanol–water partition coefficient (Wildman–Crippen LogP) is 4.43. The third kappa shape index (κ3) is 5.14. The standard InChI is InChI=1S/C23H22ClFN2O4S/c1-3-31-23(29)21-17(13-32-18-10-6-7-11-26-18)27-16(12-25)20(22(28)30-2)19(21)14-8-4-5-9-15(14)24/h4-11,19,27H,3,12-13H2,1-2H3. The Morgan fingerprint density at radius 3 is 2.47 bits per heavy atom. The Labute approximate surface area is 194 Å². The van der Waals surface area contributed by atoms with E-state index in [1.165, 1.54) is 18.9 Å². The first kappa shape index (κ1) is 23.8. The molecule has 0 saturated carbocycles. The Bertz CT molecular complexity index is 1060. The maximum absolute atomic E-state index is 14.1. The highest BCUT2D eigenvalue weighted by molar-refractivity contribution is 7.99. The van der Waals surface area contributed by atoms with Gasteiger partial charge in [0, 0.05) is 22.7 Å². The van der Waals surface area contributed by atoms with Gasteiger partial charge in [0.15, 0.2) is 0 Å². The van der Waals surface area contributed by atoms with Gasteiger partial charge in [-0.15, -0.1) is 11.8 Å². The molecule has 1 aliphatic heterocycles. The summed E-state index contributed by atoms with van der Waals surface area (Å²) in [5.74, 6) is -2.07. The maximum atomic E-state index is 14.1. The summed E-state index contributed by atoms with van der Waals surface area (Å²) in [7, 11) is 1.20. The fourth-order valence-electron chi connectivity index (χ4n) is 3.43. The Kier molecular flexibility index (Phi) is 8.30. The lowest BCUT2D eigenvalue weighted by atomic mass is 9.80. The molecule has 0 saturated heterocycles. The molecule has 168 valence electrons. The molecule has 1 aromatic carbocycles. The molecule has 0 fully saturated rings. The molecule has 0 radical (unpaired) electrons. The van der Waals surface area contributed by atoms with Gasteiger partial charge in [-0.1, -0.05) is 35.9 Å². The number of allylic oxidation sites excluding steroid dienone is 1. The van der Waals surface area contributed by atoms with E-state index in [4.69, 9.17) is 21.1 Å². The van der Waals surface area contributed by atoms with Crippen LogP contribution in [0.2, 0.25) is 5.02 Å². The number of dihydropyridines is 1. The second kappa shape index (κ2) is 11.2. The lowest BCUT2D eigenvalue weighted by Crippen LogP contribution is -2.35. The van der Waals surface area contributed by atoms with E-state index in [1.54, 1.807) is 43.5 Å². The number of nitrogens with one attached hydrogen (secondary N) is 1. The highest BCUT2D eigenvalue weighted by Gasteiger charge is 2.40. The van der Waals surface area contributed by atoms with Gasteiger partial charge in [-0.25, -0.2) is 19.0 Å². The molecule has 2 aromatic rings. The van der Waals surface area contributed by atoms with Gasteiger partial charge >= 0.3 is 11.9 Å². The smallest absolute Gasteiger partial charge is 0.336 e. The summed E-state index contributed by atoms with van der Waals surface area (Å²) in [5.41, 5.74) is 1.08. The Morgan fingerprint density at radius 1 is 1.12 bits per heavy atom. The first-order valence-electron chi connectivity index (χ1n) is 9.84. The molecule has 0 spiro atoms. The first-order valence-corrected chi connectivity index (χ1v) is 11.2. The van der Waals surface area contributed by atoms with Crippen molar-refractivity contribution < 1.29 is 23.5 Å². The number of hydrogen-bond donors (Lipinski definition) is 1. The molecular weight excluding hydrogens is 455 g/mol. The second-order valence-electron chi connectivity index (χ2n) is 6.67. The Morgan fingerprint density at radius 2 is 1.84 bits per heavy atom. The number of halogens is 2. The largest absolute Gasteiger partial charge is 0.466 e. The molecule has 32 heavy (non-hydrogen) atoms. The number of rotatable bonds is 8. The summed E-state index contributed by atoms with van der Waals surface area (Å²) >= 11 is 7.81. The van der Waals surface area contributed by atoms with Crippen LogP contribution in [0.25, 0.3) is 0 Å². The van der Waals surface area contributed by atoms with Crippen LogP contribution in [-0.2, 0) is 19.1 Å². The highest BCUT2D eigenvalue weighted by Crippen LogP contribution is 2.42. The fourth-order valence-corrected chi connectivity index (χ4v) is 4.50. The van der Waals surface area contributed by atoms with Crippen LogP contribution in [0.4, 0.5) is 4.39 Å². The molecular formula is C23H22ClFN2O4S. The Balaban J connectivity index is 2.18. The molecule has 0 amide bonds. The van der Waals surface area contributed by atoms with Crippen LogP contribution in [0.5, 0.6) is 0 Å². The molecule has 0 bridgehead atoms. The number of esters is 2. The normalized spacial score (nSPS) is 15.9. The third-order valence-electron chi connectivity index (χ3n) is 4.78. The van der Waals surface area contributed by atoms with Crippen molar-refractivity contribution in [1.82, 2.24) is 10.3 Å². The average molecular weight is 477 g/mol. The molecule has 1 aliphatic rings. The number of ether oxygens (including phenoxy) is 2. The van der Waals surface area contributed by atoms with Crippen molar-refractivity contribution in [1.29, 1.82) is 0 Å². The van der Waals surface area contributed by atoms with Crippen molar-refractivity contribution in [2.45, 2.75) is 17.9 Å².